The largest absolute Gasteiger partial charge is 0.506 e. The van der Waals surface area contributed by atoms with Gasteiger partial charge in [0.15, 0.2) is 0 Å². The third kappa shape index (κ3) is 2.05. The maximum atomic E-state index is 11.2. The normalized spacial score (nSPS) is 11.3. The lowest BCUT2D eigenvalue weighted by molar-refractivity contribution is -0.116. The lowest BCUT2D eigenvalue weighted by Gasteiger charge is -2.09. The molecule has 1 N–H and O–H groups in total. The molecular formula is C14H17NO2. The molecule has 0 amide bonds. The van der Waals surface area contributed by atoms with E-state index in [0.717, 1.165) is 16.5 Å². The van der Waals surface area contributed by atoms with Gasteiger partial charge in [-0.05, 0) is 32.4 Å². The molecule has 90 valence electrons. The van der Waals surface area contributed by atoms with E-state index < -0.39 is 0 Å². The summed E-state index contributed by atoms with van der Waals surface area (Å²) in [4.78, 5) is 11.2. The van der Waals surface area contributed by atoms with Gasteiger partial charge in [0.25, 0.3) is 0 Å². The lowest BCUT2D eigenvalue weighted by Crippen LogP contribution is -1.99. The second-order valence-electron chi connectivity index (χ2n) is 4.71. The maximum Gasteiger partial charge on any atom is 0.139 e. The number of ketones is 1. The number of nitrogens with zero attached hydrogens (tertiary/aromatic N) is 1. The van der Waals surface area contributed by atoms with Crippen LogP contribution >= 0.6 is 0 Å². The number of hydrogen-bond acceptors (Lipinski definition) is 2. The molecule has 1 aromatic heterocycles. The third-order valence-corrected chi connectivity index (χ3v) is 2.91. The lowest BCUT2D eigenvalue weighted by atomic mass is 10.1. The Morgan fingerprint density at radius 2 is 2.12 bits per heavy atom. The average Bonchev–Trinajstić information content (AvgIpc) is 2.58. The number of rotatable bonds is 3. The van der Waals surface area contributed by atoms with E-state index in [9.17, 15) is 9.90 Å². The summed E-state index contributed by atoms with van der Waals surface area (Å²) in [6.07, 6.45) is 2.39. The number of carbonyl (C=O) groups is 1. The second-order valence-corrected chi connectivity index (χ2v) is 4.71. The van der Waals surface area contributed by atoms with Crippen LogP contribution in [-0.4, -0.2) is 15.5 Å². The Labute approximate surface area is 101 Å². The number of carbonyl (C=O) groups excluding carboxylic acids is 1. The van der Waals surface area contributed by atoms with E-state index in [0.29, 0.717) is 6.42 Å². The number of benzene rings is 1. The molecule has 2 rings (SSSR count). The molecule has 0 unspecified atom stereocenters. The van der Waals surface area contributed by atoms with E-state index in [1.165, 1.54) is 0 Å². The van der Waals surface area contributed by atoms with Crippen LogP contribution in [0, 0.1) is 0 Å². The fourth-order valence-electron chi connectivity index (χ4n) is 2.18. The molecule has 0 fully saturated rings. The summed E-state index contributed by atoms with van der Waals surface area (Å²) in [7, 11) is 0. The zero-order valence-corrected chi connectivity index (χ0v) is 10.4. The van der Waals surface area contributed by atoms with Gasteiger partial charge < -0.3 is 9.67 Å². The van der Waals surface area contributed by atoms with E-state index in [-0.39, 0.29) is 17.6 Å². The van der Waals surface area contributed by atoms with Crippen molar-refractivity contribution in [3.05, 3.63) is 30.0 Å². The molecule has 0 atom stereocenters. The van der Waals surface area contributed by atoms with Crippen LogP contribution in [0.2, 0.25) is 0 Å². The zero-order chi connectivity index (χ0) is 12.6. The van der Waals surface area contributed by atoms with Gasteiger partial charge in [-0.15, -0.1) is 0 Å². The van der Waals surface area contributed by atoms with Crippen LogP contribution in [0.15, 0.2) is 24.4 Å². The highest BCUT2D eigenvalue weighted by Gasteiger charge is 2.14. The maximum absolute atomic E-state index is 11.2. The van der Waals surface area contributed by atoms with Crippen molar-refractivity contribution in [2.75, 3.05) is 0 Å². The SMILES string of the molecule is CC(=O)Cc1cn(C(C)C)c2c(O)cccc12. The number of phenols is 1. The number of Topliss-reactive ketones (excluding diaryl/α,β-unsaturated/α-hetero) is 1. The number of phenolic OH excluding ortho intramolecular Hbond substituents is 1. The molecule has 0 spiro atoms. The smallest absolute Gasteiger partial charge is 0.139 e. The van der Waals surface area contributed by atoms with Gasteiger partial charge in [0.05, 0.1) is 5.52 Å². The number of aromatic hydroxyl groups is 1. The minimum Gasteiger partial charge on any atom is -0.506 e. The minimum atomic E-state index is 0.135. The molecule has 0 radical (unpaired) electrons. The van der Waals surface area contributed by atoms with Gasteiger partial charge in [0.1, 0.15) is 11.5 Å². The van der Waals surface area contributed by atoms with Crippen LogP contribution in [-0.2, 0) is 11.2 Å². The molecule has 0 aliphatic heterocycles. The molecule has 0 aliphatic rings. The van der Waals surface area contributed by atoms with Gasteiger partial charge in [0, 0.05) is 24.0 Å². The Bertz CT molecular complexity index is 567. The van der Waals surface area contributed by atoms with Crippen molar-refractivity contribution >= 4 is 16.7 Å². The fraction of sp³-hybridized carbons (Fsp3) is 0.357. The first kappa shape index (κ1) is 11.7. The average molecular weight is 231 g/mol. The van der Waals surface area contributed by atoms with Gasteiger partial charge >= 0.3 is 0 Å². The standard InChI is InChI=1S/C14H17NO2/c1-9(2)15-8-11(7-10(3)16)12-5-4-6-13(17)14(12)15/h4-6,8-9,17H,7H2,1-3H3. The first-order valence-electron chi connectivity index (χ1n) is 5.81. The van der Waals surface area contributed by atoms with E-state index in [1.54, 1.807) is 13.0 Å². The number of aromatic nitrogens is 1. The first-order valence-corrected chi connectivity index (χ1v) is 5.81. The molecule has 1 heterocycles. The molecule has 1 aromatic carbocycles. The van der Waals surface area contributed by atoms with E-state index in [2.05, 4.69) is 13.8 Å². The van der Waals surface area contributed by atoms with Gasteiger partial charge in [-0.1, -0.05) is 12.1 Å². The highest BCUT2D eigenvalue weighted by molar-refractivity contribution is 5.92. The van der Waals surface area contributed by atoms with Crippen LogP contribution in [0.1, 0.15) is 32.4 Å². The molecule has 0 aliphatic carbocycles. The Morgan fingerprint density at radius 3 is 2.71 bits per heavy atom. The van der Waals surface area contributed by atoms with Crippen LogP contribution in [0.25, 0.3) is 10.9 Å². The molecule has 0 saturated heterocycles. The summed E-state index contributed by atoms with van der Waals surface area (Å²) < 4.78 is 2.02. The molecule has 3 nitrogen and oxygen atoms in total. The Kier molecular flexibility index (Phi) is 2.92. The quantitative estimate of drug-likeness (QED) is 0.882. The third-order valence-electron chi connectivity index (χ3n) is 2.91. The van der Waals surface area contributed by atoms with E-state index >= 15 is 0 Å². The van der Waals surface area contributed by atoms with Gasteiger partial charge in [-0.2, -0.15) is 0 Å². The molecular weight excluding hydrogens is 214 g/mol. The van der Waals surface area contributed by atoms with Crippen molar-refractivity contribution in [3.63, 3.8) is 0 Å². The van der Waals surface area contributed by atoms with E-state index in [4.69, 9.17) is 0 Å². The fourth-order valence-corrected chi connectivity index (χ4v) is 2.18. The molecule has 2 aromatic rings. The summed E-state index contributed by atoms with van der Waals surface area (Å²) >= 11 is 0. The van der Waals surface area contributed by atoms with Crippen LogP contribution < -0.4 is 0 Å². The van der Waals surface area contributed by atoms with Crippen molar-refractivity contribution in [2.45, 2.75) is 33.2 Å². The predicted octanol–water partition coefficient (Wildman–Crippen LogP) is 3.06. The van der Waals surface area contributed by atoms with Crippen molar-refractivity contribution in [2.24, 2.45) is 0 Å². The van der Waals surface area contributed by atoms with Crippen molar-refractivity contribution in [1.29, 1.82) is 0 Å². The summed E-state index contributed by atoms with van der Waals surface area (Å²) in [5.74, 6) is 0.405. The molecule has 17 heavy (non-hydrogen) atoms. The number of hydrogen-bond donors (Lipinski definition) is 1. The van der Waals surface area contributed by atoms with Crippen molar-refractivity contribution in [1.82, 2.24) is 4.57 Å². The van der Waals surface area contributed by atoms with Gasteiger partial charge in [-0.25, -0.2) is 0 Å². The molecule has 3 heteroatoms. The summed E-state index contributed by atoms with van der Waals surface area (Å²) in [5, 5.41) is 10.9. The highest BCUT2D eigenvalue weighted by atomic mass is 16.3. The minimum absolute atomic E-state index is 0.135. The zero-order valence-electron chi connectivity index (χ0n) is 10.4. The van der Waals surface area contributed by atoms with Crippen LogP contribution in [0.5, 0.6) is 5.75 Å². The molecule has 0 saturated carbocycles. The topological polar surface area (TPSA) is 42.2 Å². The first-order chi connectivity index (χ1) is 8.00. The summed E-state index contributed by atoms with van der Waals surface area (Å²) in [6.45, 7) is 5.70. The summed E-state index contributed by atoms with van der Waals surface area (Å²) in [5.41, 5.74) is 1.80. The van der Waals surface area contributed by atoms with Gasteiger partial charge in [0.2, 0.25) is 0 Å². The second kappa shape index (κ2) is 4.24. The Morgan fingerprint density at radius 1 is 1.41 bits per heavy atom. The molecule has 0 bridgehead atoms. The predicted molar refractivity (Wildman–Crippen MR) is 68.4 cm³/mol. The van der Waals surface area contributed by atoms with Crippen LogP contribution in [0.4, 0.5) is 0 Å². The van der Waals surface area contributed by atoms with E-state index in [1.807, 2.05) is 22.9 Å². The highest BCUT2D eigenvalue weighted by Crippen LogP contribution is 2.31. The Hall–Kier alpha value is -1.77. The van der Waals surface area contributed by atoms with Crippen molar-refractivity contribution < 1.29 is 9.90 Å². The van der Waals surface area contributed by atoms with Crippen molar-refractivity contribution in [3.8, 4) is 5.75 Å². The monoisotopic (exact) mass is 231 g/mol. The number of para-hydroxylation sites is 1. The van der Waals surface area contributed by atoms with Gasteiger partial charge in [-0.3, -0.25) is 4.79 Å². The van der Waals surface area contributed by atoms with Crippen LogP contribution in [0.3, 0.4) is 0 Å². The summed E-state index contributed by atoms with van der Waals surface area (Å²) in [6, 6.07) is 5.70. The number of fused-ring (bicyclic) bond motifs is 1. The Balaban J connectivity index is 2.71.